The minimum absolute atomic E-state index is 0.676. The first-order chi connectivity index (χ1) is 12.8. The summed E-state index contributed by atoms with van der Waals surface area (Å²) in [5.74, 6) is 1.39. The van der Waals surface area contributed by atoms with Crippen molar-refractivity contribution in [2.24, 2.45) is 0 Å². The van der Waals surface area contributed by atoms with Crippen molar-refractivity contribution < 1.29 is 0 Å². The molecule has 1 N–H and O–H groups in total. The lowest BCUT2D eigenvalue weighted by atomic mass is 10.2. The fourth-order valence-electron chi connectivity index (χ4n) is 3.15. The monoisotopic (exact) mass is 346 g/mol. The second kappa shape index (κ2) is 7.39. The predicted octanol–water partition coefficient (Wildman–Crippen LogP) is 3.25. The van der Waals surface area contributed by atoms with Gasteiger partial charge in [-0.15, -0.1) is 5.10 Å². The molecule has 1 saturated heterocycles. The van der Waals surface area contributed by atoms with Crippen LogP contribution in [0.25, 0.3) is 0 Å². The van der Waals surface area contributed by atoms with Crippen LogP contribution < -0.4 is 15.1 Å². The van der Waals surface area contributed by atoms with Gasteiger partial charge in [0.15, 0.2) is 5.82 Å². The van der Waals surface area contributed by atoms with E-state index >= 15 is 0 Å². The highest BCUT2D eigenvalue weighted by atomic mass is 15.4. The van der Waals surface area contributed by atoms with E-state index in [1.165, 1.54) is 11.3 Å². The third-order valence-electron chi connectivity index (χ3n) is 4.52. The molecule has 6 heteroatoms. The molecule has 6 nitrogen and oxygen atoms in total. The summed E-state index contributed by atoms with van der Waals surface area (Å²) in [6.45, 7) is 5.78. The van der Waals surface area contributed by atoms with Crippen LogP contribution in [0.15, 0.2) is 60.8 Å². The van der Waals surface area contributed by atoms with Crippen LogP contribution in [0.5, 0.6) is 0 Å². The van der Waals surface area contributed by atoms with E-state index in [4.69, 9.17) is 0 Å². The third kappa shape index (κ3) is 3.74. The van der Waals surface area contributed by atoms with E-state index in [1.807, 2.05) is 30.3 Å². The molecule has 1 aliphatic rings. The molecule has 0 spiro atoms. The SMILES string of the molecule is Cc1cccc(N2CCN(c3nncc(Nc4ccccc4)n3)CC2)c1. The van der Waals surface area contributed by atoms with Crippen LogP contribution in [0.4, 0.5) is 23.1 Å². The highest BCUT2D eigenvalue weighted by molar-refractivity contribution is 5.56. The van der Waals surface area contributed by atoms with Gasteiger partial charge in [0.25, 0.3) is 0 Å². The van der Waals surface area contributed by atoms with E-state index in [9.17, 15) is 0 Å². The average molecular weight is 346 g/mol. The molecule has 4 rings (SSSR count). The van der Waals surface area contributed by atoms with Crippen LogP contribution in [0.1, 0.15) is 5.56 Å². The molecule has 0 aliphatic carbocycles. The zero-order valence-electron chi connectivity index (χ0n) is 14.8. The number of piperazine rings is 1. The van der Waals surface area contributed by atoms with Crippen molar-refractivity contribution in [2.75, 3.05) is 41.3 Å². The van der Waals surface area contributed by atoms with Crippen LogP contribution >= 0.6 is 0 Å². The normalized spacial score (nSPS) is 14.3. The molecule has 2 aromatic carbocycles. The molecule has 0 atom stereocenters. The molecule has 0 bridgehead atoms. The highest BCUT2D eigenvalue weighted by Gasteiger charge is 2.20. The maximum atomic E-state index is 4.63. The highest BCUT2D eigenvalue weighted by Crippen LogP contribution is 2.20. The Hall–Kier alpha value is -3.15. The van der Waals surface area contributed by atoms with E-state index in [-0.39, 0.29) is 0 Å². The van der Waals surface area contributed by atoms with Gasteiger partial charge in [-0.05, 0) is 36.8 Å². The summed E-state index contributed by atoms with van der Waals surface area (Å²) in [6.07, 6.45) is 1.65. The first-order valence-corrected chi connectivity index (χ1v) is 8.86. The summed E-state index contributed by atoms with van der Waals surface area (Å²) in [5.41, 5.74) is 3.56. The number of hydrogen-bond acceptors (Lipinski definition) is 6. The van der Waals surface area contributed by atoms with Gasteiger partial charge in [0.2, 0.25) is 5.95 Å². The molecule has 2 heterocycles. The Balaban J connectivity index is 1.42. The quantitative estimate of drug-likeness (QED) is 0.783. The number of benzene rings is 2. The van der Waals surface area contributed by atoms with E-state index in [2.05, 4.69) is 61.5 Å². The van der Waals surface area contributed by atoms with Gasteiger partial charge in [-0.2, -0.15) is 10.1 Å². The van der Waals surface area contributed by atoms with Gasteiger partial charge in [-0.25, -0.2) is 0 Å². The van der Waals surface area contributed by atoms with Crippen molar-refractivity contribution in [3.05, 3.63) is 66.4 Å². The Bertz CT molecular complexity index is 859. The minimum Gasteiger partial charge on any atom is -0.368 e. The fraction of sp³-hybridized carbons (Fsp3) is 0.250. The minimum atomic E-state index is 0.676. The Morgan fingerprint density at radius 3 is 2.42 bits per heavy atom. The summed E-state index contributed by atoms with van der Waals surface area (Å²) >= 11 is 0. The second-order valence-electron chi connectivity index (χ2n) is 6.45. The number of para-hydroxylation sites is 1. The summed E-state index contributed by atoms with van der Waals surface area (Å²) in [5, 5.41) is 11.6. The summed E-state index contributed by atoms with van der Waals surface area (Å²) in [4.78, 5) is 9.22. The zero-order valence-corrected chi connectivity index (χ0v) is 14.8. The lowest BCUT2D eigenvalue weighted by Gasteiger charge is -2.36. The average Bonchev–Trinajstić information content (AvgIpc) is 2.69. The fourth-order valence-corrected chi connectivity index (χ4v) is 3.15. The van der Waals surface area contributed by atoms with Gasteiger partial charge in [-0.3, -0.25) is 0 Å². The predicted molar refractivity (Wildman–Crippen MR) is 105 cm³/mol. The molecule has 0 amide bonds. The molecule has 0 unspecified atom stereocenters. The van der Waals surface area contributed by atoms with Crippen molar-refractivity contribution in [3.63, 3.8) is 0 Å². The van der Waals surface area contributed by atoms with Gasteiger partial charge in [0.1, 0.15) is 0 Å². The maximum absolute atomic E-state index is 4.63. The zero-order chi connectivity index (χ0) is 17.8. The Morgan fingerprint density at radius 1 is 0.885 bits per heavy atom. The molecule has 1 aliphatic heterocycles. The first kappa shape index (κ1) is 16.3. The van der Waals surface area contributed by atoms with Crippen LogP contribution in [0.3, 0.4) is 0 Å². The van der Waals surface area contributed by atoms with E-state index in [0.29, 0.717) is 11.8 Å². The van der Waals surface area contributed by atoms with Crippen molar-refractivity contribution in [1.82, 2.24) is 15.2 Å². The van der Waals surface area contributed by atoms with Gasteiger partial charge in [-0.1, -0.05) is 30.3 Å². The Morgan fingerprint density at radius 2 is 1.65 bits per heavy atom. The first-order valence-electron chi connectivity index (χ1n) is 8.86. The Labute approximate surface area is 153 Å². The van der Waals surface area contributed by atoms with Gasteiger partial charge in [0.05, 0.1) is 6.20 Å². The lowest BCUT2D eigenvalue weighted by Crippen LogP contribution is -2.47. The molecule has 0 radical (unpaired) electrons. The summed E-state index contributed by atoms with van der Waals surface area (Å²) in [6, 6.07) is 18.6. The van der Waals surface area contributed by atoms with Gasteiger partial charge in [0, 0.05) is 37.6 Å². The molecule has 1 aromatic heterocycles. The van der Waals surface area contributed by atoms with Crippen LogP contribution in [0, 0.1) is 6.92 Å². The third-order valence-corrected chi connectivity index (χ3v) is 4.52. The molecule has 0 saturated carbocycles. The van der Waals surface area contributed by atoms with Crippen molar-refractivity contribution in [3.8, 4) is 0 Å². The van der Waals surface area contributed by atoms with Crippen LogP contribution in [-0.2, 0) is 0 Å². The molecular formula is C20H22N6. The van der Waals surface area contributed by atoms with Crippen LogP contribution in [-0.4, -0.2) is 41.4 Å². The summed E-state index contributed by atoms with van der Waals surface area (Å²) < 4.78 is 0. The molecule has 3 aromatic rings. The number of anilines is 4. The number of nitrogens with zero attached hydrogens (tertiary/aromatic N) is 5. The number of aryl methyl sites for hydroxylation is 1. The van der Waals surface area contributed by atoms with Crippen LogP contribution in [0.2, 0.25) is 0 Å². The molecule has 1 fully saturated rings. The van der Waals surface area contributed by atoms with Crippen molar-refractivity contribution in [1.29, 1.82) is 0 Å². The summed E-state index contributed by atoms with van der Waals surface area (Å²) in [7, 11) is 0. The number of aromatic nitrogens is 3. The second-order valence-corrected chi connectivity index (χ2v) is 6.45. The topological polar surface area (TPSA) is 57.2 Å². The lowest BCUT2D eigenvalue weighted by molar-refractivity contribution is 0.635. The smallest absolute Gasteiger partial charge is 0.247 e. The van der Waals surface area contributed by atoms with E-state index < -0.39 is 0 Å². The largest absolute Gasteiger partial charge is 0.368 e. The maximum Gasteiger partial charge on any atom is 0.247 e. The number of hydrogen-bond donors (Lipinski definition) is 1. The standard InChI is InChI=1S/C20H22N6/c1-16-6-5-9-18(14-16)25-10-12-26(13-11-25)20-23-19(15-21-24-20)22-17-7-3-2-4-8-17/h2-9,14-15H,10-13H2,1H3,(H,22,23,24). The number of rotatable bonds is 4. The Kier molecular flexibility index (Phi) is 4.64. The van der Waals surface area contributed by atoms with E-state index in [1.54, 1.807) is 6.20 Å². The molecular weight excluding hydrogens is 324 g/mol. The van der Waals surface area contributed by atoms with Crippen molar-refractivity contribution in [2.45, 2.75) is 6.92 Å². The van der Waals surface area contributed by atoms with Gasteiger partial charge >= 0.3 is 0 Å². The van der Waals surface area contributed by atoms with Gasteiger partial charge < -0.3 is 15.1 Å². The molecule has 132 valence electrons. The van der Waals surface area contributed by atoms with E-state index in [0.717, 1.165) is 31.9 Å². The molecule has 26 heavy (non-hydrogen) atoms. The number of nitrogens with one attached hydrogen (secondary N) is 1. The van der Waals surface area contributed by atoms with Crippen molar-refractivity contribution >= 4 is 23.1 Å².